The maximum atomic E-state index is 13.2. The number of benzene rings is 2. The highest BCUT2D eigenvalue weighted by Crippen LogP contribution is 2.42. The second-order valence-electron chi connectivity index (χ2n) is 11.1. The highest BCUT2D eigenvalue weighted by atomic mass is 16.5. The summed E-state index contributed by atoms with van der Waals surface area (Å²) >= 11 is 0. The number of nitrogens with zero attached hydrogens (tertiary/aromatic N) is 3. The third kappa shape index (κ3) is 6.80. The lowest BCUT2D eigenvalue weighted by Gasteiger charge is -2.34. The van der Waals surface area contributed by atoms with Gasteiger partial charge in [-0.05, 0) is 60.8 Å². The van der Waals surface area contributed by atoms with E-state index in [1.165, 1.54) is 6.42 Å². The van der Waals surface area contributed by atoms with Gasteiger partial charge in [0.15, 0.2) is 0 Å². The average Bonchev–Trinajstić information content (AvgIpc) is 3.40. The molecule has 1 aromatic heterocycles. The van der Waals surface area contributed by atoms with E-state index >= 15 is 0 Å². The van der Waals surface area contributed by atoms with Crippen LogP contribution in [-0.4, -0.2) is 71.3 Å². The summed E-state index contributed by atoms with van der Waals surface area (Å²) in [7, 11) is 0.111. The maximum absolute atomic E-state index is 13.2. The Hall–Kier alpha value is -3.80. The molecule has 2 heterocycles. The van der Waals surface area contributed by atoms with Gasteiger partial charge >= 0.3 is 7.12 Å². The van der Waals surface area contributed by atoms with Crippen LogP contribution in [0, 0.1) is 12.8 Å². The fourth-order valence-corrected chi connectivity index (χ4v) is 6.19. The second kappa shape index (κ2) is 13.5. The first-order valence-electron chi connectivity index (χ1n) is 14.6. The van der Waals surface area contributed by atoms with Crippen LogP contribution >= 0.6 is 0 Å². The predicted octanol–water partition coefficient (Wildman–Crippen LogP) is 1.96. The van der Waals surface area contributed by atoms with Crippen molar-refractivity contribution in [2.45, 2.75) is 57.7 Å². The molecule has 2 fully saturated rings. The number of ether oxygens (including phenoxy) is 1. The number of carbonyl (C=O) groups excluding carboxylic acids is 2. The molecule has 2 aliphatic rings. The van der Waals surface area contributed by atoms with E-state index in [-0.39, 0.29) is 30.4 Å². The van der Waals surface area contributed by atoms with Crippen LogP contribution in [-0.2, 0) is 16.1 Å². The molecule has 4 N–H and O–H groups in total. The molecule has 42 heavy (non-hydrogen) atoms. The quantitative estimate of drug-likeness (QED) is 0.214. The molecular formula is C31H38BN5O5. The maximum Gasteiger partial charge on any atom is 0.488 e. The molecule has 3 atom stereocenters. The van der Waals surface area contributed by atoms with E-state index in [2.05, 4.69) is 20.5 Å². The first-order chi connectivity index (χ1) is 20.3. The molecule has 0 spiro atoms. The van der Waals surface area contributed by atoms with Gasteiger partial charge in [-0.3, -0.25) is 9.59 Å². The lowest BCUT2D eigenvalue weighted by atomic mass is 9.80. The fraction of sp³-hybridized carbons (Fsp3) is 0.419. The smallest absolute Gasteiger partial charge is 0.423 e. The lowest BCUT2D eigenvalue weighted by molar-refractivity contribution is -0.122. The van der Waals surface area contributed by atoms with E-state index < -0.39 is 7.12 Å². The highest BCUT2D eigenvalue weighted by Gasteiger charge is 2.45. The Kier molecular flexibility index (Phi) is 9.51. The van der Waals surface area contributed by atoms with Crippen LogP contribution in [0.5, 0.6) is 0 Å². The zero-order valence-electron chi connectivity index (χ0n) is 24.1. The molecule has 5 rings (SSSR count). The summed E-state index contributed by atoms with van der Waals surface area (Å²) in [6.07, 6.45) is 5.28. The Morgan fingerprint density at radius 1 is 1.00 bits per heavy atom. The number of amides is 2. The van der Waals surface area contributed by atoms with E-state index in [1.807, 2.05) is 37.3 Å². The Bertz CT molecular complexity index is 1390. The van der Waals surface area contributed by atoms with E-state index in [0.717, 1.165) is 42.6 Å². The van der Waals surface area contributed by atoms with Gasteiger partial charge in [0, 0.05) is 31.3 Å². The predicted molar refractivity (Wildman–Crippen MR) is 161 cm³/mol. The van der Waals surface area contributed by atoms with Crippen molar-refractivity contribution in [3.63, 3.8) is 0 Å². The number of fused-ring (bicyclic) bond motifs is 1. The highest BCUT2D eigenvalue weighted by molar-refractivity contribution is 6.58. The van der Waals surface area contributed by atoms with E-state index in [9.17, 15) is 19.6 Å². The van der Waals surface area contributed by atoms with Crippen LogP contribution in [0.4, 0.5) is 5.82 Å². The number of carbonyl (C=O) groups is 2. The average molecular weight is 571 g/mol. The van der Waals surface area contributed by atoms with Crippen molar-refractivity contribution in [1.29, 1.82) is 0 Å². The van der Waals surface area contributed by atoms with Gasteiger partial charge in [-0.1, -0.05) is 49.2 Å². The molecule has 11 heteroatoms. The molecule has 1 saturated heterocycles. The van der Waals surface area contributed by atoms with Crippen LogP contribution in [0.25, 0.3) is 11.1 Å². The molecule has 1 aliphatic carbocycles. The van der Waals surface area contributed by atoms with Gasteiger partial charge in [0.05, 0.1) is 18.8 Å². The minimum atomic E-state index is -1.51. The van der Waals surface area contributed by atoms with Crippen molar-refractivity contribution in [2.75, 3.05) is 25.2 Å². The number of hydrogen-bond acceptors (Lipinski definition) is 8. The fourth-order valence-electron chi connectivity index (χ4n) is 6.19. The summed E-state index contributed by atoms with van der Waals surface area (Å²) in [6, 6.07) is 16.0. The molecule has 10 nitrogen and oxygen atoms in total. The first-order valence-corrected chi connectivity index (χ1v) is 14.6. The minimum Gasteiger partial charge on any atom is -0.423 e. The number of methoxy groups -OCH3 is 1. The first kappa shape index (κ1) is 29.7. The van der Waals surface area contributed by atoms with E-state index in [0.29, 0.717) is 41.6 Å². The zero-order valence-corrected chi connectivity index (χ0v) is 24.1. The Morgan fingerprint density at radius 3 is 2.38 bits per heavy atom. The molecule has 3 aromatic rings. The van der Waals surface area contributed by atoms with Crippen LogP contribution in [0.1, 0.15) is 54.0 Å². The zero-order chi connectivity index (χ0) is 29.6. The van der Waals surface area contributed by atoms with Crippen LogP contribution in [0.15, 0.2) is 54.6 Å². The lowest BCUT2D eigenvalue weighted by Crippen LogP contribution is -2.48. The van der Waals surface area contributed by atoms with Crippen LogP contribution < -0.4 is 21.0 Å². The Labute approximate surface area is 246 Å². The molecular weight excluding hydrogens is 533 g/mol. The van der Waals surface area contributed by atoms with Crippen molar-refractivity contribution < 1.29 is 24.4 Å². The monoisotopic (exact) mass is 571 g/mol. The van der Waals surface area contributed by atoms with Crippen LogP contribution in [0.2, 0.25) is 0 Å². The summed E-state index contributed by atoms with van der Waals surface area (Å²) in [5.74, 6) is 1.56. The standard InChI is InChI=1S/C31H38BN5O5/c1-20-35-26(19-34-30(38)23-9-7-21(8-10-23)22-11-13-25(14-12-22)32(40)41)18-29(36-20)37-27-6-4-3-5-24(27)17-28(37)31(39)33-15-16-42-2/h7-14,18,24,27-28,40-41H,3-6,15-17,19H2,1-2H3,(H,33,39)(H,34,38)/t24-,27-,28-/m0/s1. The summed E-state index contributed by atoms with van der Waals surface area (Å²) in [4.78, 5) is 37.7. The molecule has 1 aliphatic heterocycles. The number of rotatable bonds is 10. The molecule has 220 valence electrons. The summed E-state index contributed by atoms with van der Waals surface area (Å²) in [5, 5.41) is 24.6. The Morgan fingerprint density at radius 2 is 1.69 bits per heavy atom. The third-order valence-corrected chi connectivity index (χ3v) is 8.26. The number of aromatic nitrogens is 2. The number of hydrogen-bond donors (Lipinski definition) is 4. The van der Waals surface area contributed by atoms with Gasteiger partial charge in [-0.25, -0.2) is 9.97 Å². The Balaban J connectivity index is 1.27. The van der Waals surface area contributed by atoms with E-state index in [4.69, 9.17) is 9.72 Å². The van der Waals surface area contributed by atoms with Crippen molar-refractivity contribution in [2.24, 2.45) is 5.92 Å². The van der Waals surface area contributed by atoms with Crippen molar-refractivity contribution >= 4 is 30.2 Å². The molecule has 0 bridgehead atoms. The molecule has 1 saturated carbocycles. The van der Waals surface area contributed by atoms with Gasteiger partial charge < -0.3 is 30.3 Å². The van der Waals surface area contributed by atoms with Gasteiger partial charge in [0.25, 0.3) is 5.91 Å². The molecule has 0 unspecified atom stereocenters. The van der Waals surface area contributed by atoms with Gasteiger partial charge in [-0.15, -0.1) is 0 Å². The minimum absolute atomic E-state index is 0.00190. The van der Waals surface area contributed by atoms with Crippen LogP contribution in [0.3, 0.4) is 0 Å². The van der Waals surface area contributed by atoms with Crippen molar-refractivity contribution in [3.8, 4) is 11.1 Å². The van der Waals surface area contributed by atoms with Crippen molar-refractivity contribution in [1.82, 2.24) is 20.6 Å². The summed E-state index contributed by atoms with van der Waals surface area (Å²) in [6.45, 7) is 3.00. The van der Waals surface area contributed by atoms with Gasteiger partial charge in [-0.2, -0.15) is 0 Å². The SMILES string of the molecule is COCCNC(=O)[C@@H]1C[C@@H]2CCCC[C@@H]2N1c1cc(CNC(=O)c2ccc(-c3ccc(B(O)O)cc3)cc2)nc(C)n1. The molecule has 2 amide bonds. The third-order valence-electron chi connectivity index (χ3n) is 8.26. The number of anilines is 1. The largest absolute Gasteiger partial charge is 0.488 e. The number of aryl methyl sites for hydroxylation is 1. The normalized spacial score (nSPS) is 19.7. The summed E-state index contributed by atoms with van der Waals surface area (Å²) < 4.78 is 5.11. The van der Waals surface area contributed by atoms with Gasteiger partial charge in [0.1, 0.15) is 17.7 Å². The second-order valence-corrected chi connectivity index (χ2v) is 11.1. The van der Waals surface area contributed by atoms with Gasteiger partial charge in [0.2, 0.25) is 5.91 Å². The topological polar surface area (TPSA) is 137 Å². The molecule has 2 aromatic carbocycles. The number of nitrogens with one attached hydrogen (secondary N) is 2. The molecule has 0 radical (unpaired) electrons. The van der Waals surface area contributed by atoms with Crippen molar-refractivity contribution in [3.05, 3.63) is 71.7 Å². The summed E-state index contributed by atoms with van der Waals surface area (Å²) in [5.41, 5.74) is 3.44. The van der Waals surface area contributed by atoms with E-state index in [1.54, 1.807) is 31.4 Å².